The quantitative estimate of drug-likeness (QED) is 0.415. The fraction of sp³-hybridized carbons (Fsp3) is 0.316. The molecule has 2 aromatic carbocycles. The van der Waals surface area contributed by atoms with Crippen molar-refractivity contribution in [2.45, 2.75) is 38.3 Å². The van der Waals surface area contributed by atoms with Gasteiger partial charge in [-0.2, -0.15) is 0 Å². The van der Waals surface area contributed by atoms with E-state index in [2.05, 4.69) is 34.6 Å². The monoisotopic (exact) mass is 437 g/mol. The Morgan fingerprint density at radius 1 is 1.12 bits per heavy atom. The van der Waals surface area contributed by atoms with Gasteiger partial charge in [0, 0.05) is 11.6 Å². The number of nitrogens with one attached hydrogen (secondary N) is 1. The number of aliphatic imine (C=N–C) groups is 1. The van der Waals surface area contributed by atoms with Crippen LogP contribution in [0.3, 0.4) is 0 Å². The summed E-state index contributed by atoms with van der Waals surface area (Å²) in [4.78, 5) is 4.56. The maximum Gasteiger partial charge on any atom is 0.193 e. The summed E-state index contributed by atoms with van der Waals surface area (Å²) in [5, 5.41) is 3.14. The summed E-state index contributed by atoms with van der Waals surface area (Å²) in [6.45, 7) is 4.02. The van der Waals surface area contributed by atoms with Crippen LogP contribution in [0.2, 0.25) is 0 Å². The van der Waals surface area contributed by atoms with Gasteiger partial charge in [0.25, 0.3) is 0 Å². The molecule has 0 radical (unpaired) electrons. The van der Waals surface area contributed by atoms with Crippen LogP contribution in [0.1, 0.15) is 31.7 Å². The van der Waals surface area contributed by atoms with Crippen LogP contribution in [0.25, 0.3) is 0 Å². The third-order valence-electron chi connectivity index (χ3n) is 3.79. The van der Waals surface area contributed by atoms with Crippen LogP contribution < -0.4 is 15.8 Å². The van der Waals surface area contributed by atoms with Crippen LogP contribution in [0.5, 0.6) is 5.75 Å². The van der Waals surface area contributed by atoms with Gasteiger partial charge in [0.2, 0.25) is 0 Å². The Morgan fingerprint density at radius 2 is 1.79 bits per heavy atom. The third-order valence-corrected chi connectivity index (χ3v) is 3.79. The summed E-state index contributed by atoms with van der Waals surface area (Å²) < 4.78 is 5.62. The molecule has 0 heterocycles. The normalized spacial score (nSPS) is 19.5. The first kappa shape index (κ1) is 18.6. The standard InChI is InChI=1S/C19H23N3O.HI/c1-13(2)23-16-10-8-15(9-11-16)21-19(20)22-18-12-17(18)14-6-4-3-5-7-14;/h3-11,13,17-18H,12H2,1-2H3,(H3,20,21,22);1H. The Morgan fingerprint density at radius 3 is 2.42 bits per heavy atom. The zero-order valence-corrected chi connectivity index (χ0v) is 16.3. The molecule has 1 saturated carbocycles. The lowest BCUT2D eigenvalue weighted by atomic mass is 10.1. The van der Waals surface area contributed by atoms with Gasteiger partial charge in [0.05, 0.1) is 12.1 Å². The Balaban J connectivity index is 0.00000208. The van der Waals surface area contributed by atoms with Gasteiger partial charge in [0.15, 0.2) is 5.96 Å². The van der Waals surface area contributed by atoms with E-state index < -0.39 is 0 Å². The second-order valence-electron chi connectivity index (χ2n) is 6.15. The molecule has 3 N–H and O–H groups in total. The van der Waals surface area contributed by atoms with E-state index in [1.807, 2.05) is 44.2 Å². The van der Waals surface area contributed by atoms with E-state index in [-0.39, 0.29) is 36.1 Å². The highest BCUT2D eigenvalue weighted by atomic mass is 127. The van der Waals surface area contributed by atoms with E-state index in [9.17, 15) is 0 Å². The topological polar surface area (TPSA) is 59.6 Å². The van der Waals surface area contributed by atoms with E-state index in [4.69, 9.17) is 10.5 Å². The molecule has 0 aliphatic heterocycles. The average Bonchev–Trinajstić information content (AvgIpc) is 3.28. The van der Waals surface area contributed by atoms with Crippen molar-refractivity contribution in [2.24, 2.45) is 10.7 Å². The molecule has 1 aliphatic rings. The maximum absolute atomic E-state index is 6.01. The molecule has 3 rings (SSSR count). The molecule has 2 atom stereocenters. The number of hydrogen-bond acceptors (Lipinski definition) is 2. The first-order valence-electron chi connectivity index (χ1n) is 8.04. The zero-order chi connectivity index (χ0) is 16.2. The van der Waals surface area contributed by atoms with Crippen LogP contribution in [0, 0.1) is 0 Å². The first-order valence-corrected chi connectivity index (χ1v) is 8.04. The maximum atomic E-state index is 6.01. The van der Waals surface area contributed by atoms with Crippen LogP contribution in [-0.4, -0.2) is 18.1 Å². The molecule has 2 aromatic rings. The highest BCUT2D eigenvalue weighted by Crippen LogP contribution is 2.43. The minimum absolute atomic E-state index is 0. The fourth-order valence-electron chi connectivity index (χ4n) is 2.63. The van der Waals surface area contributed by atoms with Gasteiger partial charge in [-0.1, -0.05) is 30.3 Å². The summed E-state index contributed by atoms with van der Waals surface area (Å²) in [5.41, 5.74) is 8.27. The second-order valence-corrected chi connectivity index (χ2v) is 6.15. The Labute approximate surface area is 160 Å². The molecule has 0 bridgehead atoms. The van der Waals surface area contributed by atoms with Gasteiger partial charge >= 0.3 is 0 Å². The van der Waals surface area contributed by atoms with E-state index >= 15 is 0 Å². The van der Waals surface area contributed by atoms with E-state index in [0.717, 1.165) is 17.9 Å². The minimum atomic E-state index is 0. The SMILES string of the molecule is CC(C)Oc1ccc(NC(N)=NC2CC2c2ccccc2)cc1.I. The molecule has 2 unspecified atom stereocenters. The smallest absolute Gasteiger partial charge is 0.193 e. The van der Waals surface area contributed by atoms with Gasteiger partial charge in [-0.25, -0.2) is 4.99 Å². The number of rotatable bonds is 5. The number of nitrogens with two attached hydrogens (primary N) is 1. The number of anilines is 1. The molecule has 0 spiro atoms. The van der Waals surface area contributed by atoms with E-state index in [0.29, 0.717) is 11.9 Å². The van der Waals surface area contributed by atoms with Crippen molar-refractivity contribution in [3.8, 4) is 5.75 Å². The Kier molecular flexibility index (Phi) is 6.48. The van der Waals surface area contributed by atoms with Crippen LogP contribution in [0.4, 0.5) is 5.69 Å². The predicted octanol–water partition coefficient (Wildman–Crippen LogP) is 4.37. The van der Waals surface area contributed by atoms with Gasteiger partial charge < -0.3 is 15.8 Å². The third kappa shape index (κ3) is 5.12. The molecule has 1 aliphatic carbocycles. The molecular formula is C19H24IN3O. The minimum Gasteiger partial charge on any atom is -0.491 e. The summed E-state index contributed by atoms with van der Waals surface area (Å²) in [7, 11) is 0. The molecule has 0 aromatic heterocycles. The molecule has 0 saturated heterocycles. The number of halogens is 1. The number of hydrogen-bond donors (Lipinski definition) is 2. The molecular weight excluding hydrogens is 413 g/mol. The van der Waals surface area contributed by atoms with Gasteiger partial charge in [0.1, 0.15) is 5.75 Å². The number of ether oxygens (including phenoxy) is 1. The van der Waals surface area contributed by atoms with Crippen molar-refractivity contribution in [2.75, 3.05) is 5.32 Å². The van der Waals surface area contributed by atoms with E-state index in [1.165, 1.54) is 5.56 Å². The summed E-state index contributed by atoms with van der Waals surface area (Å²) in [6, 6.07) is 18.5. The van der Waals surface area contributed by atoms with Crippen molar-refractivity contribution in [1.29, 1.82) is 0 Å². The van der Waals surface area contributed by atoms with Crippen molar-refractivity contribution in [1.82, 2.24) is 0 Å². The number of benzene rings is 2. The Hall–Kier alpha value is -1.76. The molecule has 128 valence electrons. The van der Waals surface area contributed by atoms with Crippen molar-refractivity contribution < 1.29 is 4.74 Å². The van der Waals surface area contributed by atoms with Gasteiger partial charge in [-0.05, 0) is 50.1 Å². The highest BCUT2D eigenvalue weighted by Gasteiger charge is 2.38. The van der Waals surface area contributed by atoms with Crippen LogP contribution in [-0.2, 0) is 0 Å². The second kappa shape index (κ2) is 8.37. The Bertz CT molecular complexity index is 671. The van der Waals surface area contributed by atoms with Crippen molar-refractivity contribution in [3.63, 3.8) is 0 Å². The zero-order valence-electron chi connectivity index (χ0n) is 14.0. The summed E-state index contributed by atoms with van der Waals surface area (Å²) >= 11 is 0. The average molecular weight is 437 g/mol. The van der Waals surface area contributed by atoms with Crippen LogP contribution in [0.15, 0.2) is 59.6 Å². The van der Waals surface area contributed by atoms with Gasteiger partial charge in [-0.15, -0.1) is 24.0 Å². The highest BCUT2D eigenvalue weighted by molar-refractivity contribution is 14.0. The summed E-state index contributed by atoms with van der Waals surface area (Å²) in [6.07, 6.45) is 1.23. The number of nitrogens with zero attached hydrogens (tertiary/aromatic N) is 1. The molecule has 4 nitrogen and oxygen atoms in total. The molecule has 5 heteroatoms. The lowest BCUT2D eigenvalue weighted by molar-refractivity contribution is 0.242. The summed E-state index contributed by atoms with van der Waals surface area (Å²) in [5.74, 6) is 1.82. The van der Waals surface area contributed by atoms with E-state index in [1.54, 1.807) is 0 Å². The van der Waals surface area contributed by atoms with Crippen LogP contribution >= 0.6 is 24.0 Å². The first-order chi connectivity index (χ1) is 11.1. The van der Waals surface area contributed by atoms with Crippen molar-refractivity contribution >= 4 is 35.6 Å². The molecule has 0 amide bonds. The van der Waals surface area contributed by atoms with Crippen molar-refractivity contribution in [3.05, 3.63) is 60.2 Å². The lowest BCUT2D eigenvalue weighted by Gasteiger charge is -2.11. The molecule has 1 fully saturated rings. The largest absolute Gasteiger partial charge is 0.491 e. The fourth-order valence-corrected chi connectivity index (χ4v) is 2.63. The van der Waals surface area contributed by atoms with Gasteiger partial charge in [-0.3, -0.25) is 0 Å². The number of guanidine groups is 1. The predicted molar refractivity (Wildman–Crippen MR) is 110 cm³/mol. The molecule has 24 heavy (non-hydrogen) atoms. The lowest BCUT2D eigenvalue weighted by Crippen LogP contribution is -2.23.